The van der Waals surface area contributed by atoms with Crippen LogP contribution in [0.3, 0.4) is 0 Å². The van der Waals surface area contributed by atoms with Crippen molar-refractivity contribution >= 4 is 27.9 Å². The van der Waals surface area contributed by atoms with Gasteiger partial charge in [-0.1, -0.05) is 12.1 Å². The van der Waals surface area contributed by atoms with Crippen molar-refractivity contribution in [2.75, 3.05) is 10.6 Å². The fraction of sp³-hybridized carbons (Fsp3) is 0.250. The molecule has 21 heavy (non-hydrogen) atoms. The van der Waals surface area contributed by atoms with Gasteiger partial charge in [0.2, 0.25) is 5.91 Å². The highest BCUT2D eigenvalue weighted by Gasteiger charge is 2.16. The average Bonchev–Trinajstić information content (AvgIpc) is 2.91. The minimum Gasteiger partial charge on any atom is -0.374 e. The monoisotopic (exact) mass is 299 g/mol. The molecule has 4 nitrogen and oxygen atoms in total. The zero-order chi connectivity index (χ0) is 15.4. The summed E-state index contributed by atoms with van der Waals surface area (Å²) in [5.74, 6) is -0.158. The fourth-order valence-electron chi connectivity index (χ4n) is 1.92. The van der Waals surface area contributed by atoms with Gasteiger partial charge in [0.05, 0.1) is 5.56 Å². The fourth-order valence-corrected chi connectivity index (χ4v) is 2.66. The van der Waals surface area contributed by atoms with Crippen molar-refractivity contribution < 1.29 is 4.79 Å². The van der Waals surface area contributed by atoms with E-state index in [-0.39, 0.29) is 11.9 Å². The maximum absolute atomic E-state index is 12.2. The van der Waals surface area contributed by atoms with E-state index < -0.39 is 0 Å². The summed E-state index contributed by atoms with van der Waals surface area (Å²) in [6, 6.07) is 9.32. The molecule has 5 heteroatoms. The lowest BCUT2D eigenvalue weighted by molar-refractivity contribution is -0.116. The first-order chi connectivity index (χ1) is 10.0. The van der Waals surface area contributed by atoms with Crippen molar-refractivity contribution in [1.82, 2.24) is 0 Å². The van der Waals surface area contributed by atoms with E-state index in [9.17, 15) is 4.79 Å². The first-order valence-corrected chi connectivity index (χ1v) is 7.52. The number of nitriles is 1. The molecular formula is C16H17N3OS. The van der Waals surface area contributed by atoms with Gasteiger partial charge in [-0.15, -0.1) is 11.3 Å². The van der Waals surface area contributed by atoms with Crippen molar-refractivity contribution in [3.63, 3.8) is 0 Å². The van der Waals surface area contributed by atoms with Crippen molar-refractivity contribution in [1.29, 1.82) is 5.26 Å². The van der Waals surface area contributed by atoms with Gasteiger partial charge in [0, 0.05) is 5.69 Å². The predicted molar refractivity (Wildman–Crippen MR) is 86.7 cm³/mol. The van der Waals surface area contributed by atoms with Gasteiger partial charge >= 0.3 is 0 Å². The number of nitrogens with zero attached hydrogens (tertiary/aromatic N) is 1. The molecule has 2 aromatic rings. The zero-order valence-electron chi connectivity index (χ0n) is 12.2. The number of amides is 1. The third kappa shape index (κ3) is 3.41. The topological polar surface area (TPSA) is 64.9 Å². The maximum Gasteiger partial charge on any atom is 0.247 e. The molecule has 0 saturated heterocycles. The van der Waals surface area contributed by atoms with Gasteiger partial charge in [0.1, 0.15) is 17.1 Å². The molecule has 0 saturated carbocycles. The minimum absolute atomic E-state index is 0.158. The van der Waals surface area contributed by atoms with E-state index in [1.54, 1.807) is 18.4 Å². The number of benzene rings is 1. The first-order valence-electron chi connectivity index (χ1n) is 6.64. The molecule has 108 valence electrons. The average molecular weight is 299 g/mol. The van der Waals surface area contributed by atoms with E-state index in [0.717, 1.165) is 11.3 Å². The molecule has 0 aliphatic heterocycles. The highest BCUT2D eigenvalue weighted by molar-refractivity contribution is 7.14. The van der Waals surface area contributed by atoms with Gasteiger partial charge in [-0.2, -0.15) is 5.26 Å². The van der Waals surface area contributed by atoms with E-state index >= 15 is 0 Å². The highest BCUT2D eigenvalue weighted by atomic mass is 32.1. The summed E-state index contributed by atoms with van der Waals surface area (Å²) in [7, 11) is 0. The SMILES string of the molecule is Cc1cccc(NC(C)C(=O)Nc2sccc2C#N)c1C. The number of carbonyl (C=O) groups excluding carboxylic acids is 1. The van der Waals surface area contributed by atoms with Crippen LogP contribution in [-0.4, -0.2) is 11.9 Å². The van der Waals surface area contributed by atoms with Crippen LogP contribution in [-0.2, 0) is 4.79 Å². The number of carbonyl (C=O) groups is 1. The molecule has 0 radical (unpaired) electrons. The standard InChI is InChI=1S/C16H17N3OS/c1-10-5-4-6-14(11(10)2)18-12(3)15(20)19-16-13(9-17)7-8-21-16/h4-8,12,18H,1-3H3,(H,19,20). The summed E-state index contributed by atoms with van der Waals surface area (Å²) in [6.45, 7) is 5.86. The molecule has 1 atom stereocenters. The Labute approximate surface area is 128 Å². The number of nitrogens with one attached hydrogen (secondary N) is 2. The van der Waals surface area contributed by atoms with Crippen molar-refractivity contribution in [2.45, 2.75) is 26.8 Å². The second kappa shape index (κ2) is 6.42. The summed E-state index contributed by atoms with van der Waals surface area (Å²) in [5, 5.41) is 17.3. The van der Waals surface area contributed by atoms with Crippen LogP contribution in [0.5, 0.6) is 0 Å². The van der Waals surface area contributed by atoms with Gasteiger partial charge in [0.15, 0.2) is 0 Å². The van der Waals surface area contributed by atoms with Gasteiger partial charge in [-0.05, 0) is 49.4 Å². The lowest BCUT2D eigenvalue weighted by Crippen LogP contribution is -2.32. The van der Waals surface area contributed by atoms with Crippen LogP contribution in [0, 0.1) is 25.2 Å². The molecule has 0 aliphatic carbocycles. The summed E-state index contributed by atoms with van der Waals surface area (Å²) in [5.41, 5.74) is 3.75. The van der Waals surface area contributed by atoms with E-state index in [1.165, 1.54) is 16.9 Å². The highest BCUT2D eigenvalue weighted by Crippen LogP contribution is 2.23. The van der Waals surface area contributed by atoms with E-state index in [0.29, 0.717) is 10.6 Å². The van der Waals surface area contributed by atoms with Crippen molar-refractivity contribution in [3.8, 4) is 6.07 Å². The van der Waals surface area contributed by atoms with Gasteiger partial charge < -0.3 is 10.6 Å². The van der Waals surface area contributed by atoms with Crippen LogP contribution < -0.4 is 10.6 Å². The van der Waals surface area contributed by atoms with Crippen LogP contribution in [0.25, 0.3) is 0 Å². The Morgan fingerprint density at radius 2 is 2.10 bits per heavy atom. The van der Waals surface area contributed by atoms with Crippen LogP contribution in [0.15, 0.2) is 29.6 Å². The number of rotatable bonds is 4. The Morgan fingerprint density at radius 1 is 1.33 bits per heavy atom. The molecule has 0 spiro atoms. The van der Waals surface area contributed by atoms with Crippen LogP contribution in [0.2, 0.25) is 0 Å². The van der Waals surface area contributed by atoms with Crippen LogP contribution >= 0.6 is 11.3 Å². The lowest BCUT2D eigenvalue weighted by Gasteiger charge is -2.17. The molecule has 0 bridgehead atoms. The van der Waals surface area contributed by atoms with Crippen molar-refractivity contribution in [2.24, 2.45) is 0 Å². The Morgan fingerprint density at radius 3 is 2.81 bits per heavy atom. The summed E-state index contributed by atoms with van der Waals surface area (Å²) >= 11 is 1.35. The second-order valence-electron chi connectivity index (χ2n) is 4.88. The molecule has 0 aliphatic rings. The van der Waals surface area contributed by atoms with E-state index in [1.807, 2.05) is 32.0 Å². The normalized spacial score (nSPS) is 11.5. The molecule has 2 rings (SSSR count). The van der Waals surface area contributed by atoms with Gasteiger partial charge in [-0.25, -0.2) is 0 Å². The predicted octanol–water partition coefficient (Wildman–Crippen LogP) is 3.68. The Balaban J connectivity index is 2.07. The first kappa shape index (κ1) is 15.1. The van der Waals surface area contributed by atoms with Gasteiger partial charge in [0.25, 0.3) is 0 Å². The lowest BCUT2D eigenvalue weighted by atomic mass is 10.1. The maximum atomic E-state index is 12.2. The molecule has 1 aromatic heterocycles. The van der Waals surface area contributed by atoms with Crippen LogP contribution in [0.1, 0.15) is 23.6 Å². The number of hydrogen-bond donors (Lipinski definition) is 2. The molecule has 0 fully saturated rings. The minimum atomic E-state index is -0.390. The quantitative estimate of drug-likeness (QED) is 0.905. The number of thiophene rings is 1. The summed E-state index contributed by atoms with van der Waals surface area (Å²) in [6.07, 6.45) is 0. The molecule has 1 amide bonds. The number of hydrogen-bond acceptors (Lipinski definition) is 4. The Bertz CT molecular complexity index is 700. The molecular weight excluding hydrogens is 282 g/mol. The van der Waals surface area contributed by atoms with Crippen LogP contribution in [0.4, 0.5) is 10.7 Å². The Kier molecular flexibility index (Phi) is 4.61. The summed E-state index contributed by atoms with van der Waals surface area (Å²) < 4.78 is 0. The third-order valence-corrected chi connectivity index (χ3v) is 4.22. The molecule has 1 unspecified atom stereocenters. The van der Waals surface area contributed by atoms with E-state index in [2.05, 4.69) is 16.7 Å². The Hall–Kier alpha value is -2.32. The van der Waals surface area contributed by atoms with E-state index in [4.69, 9.17) is 5.26 Å². The number of aryl methyl sites for hydroxylation is 1. The number of anilines is 2. The van der Waals surface area contributed by atoms with Gasteiger partial charge in [-0.3, -0.25) is 4.79 Å². The third-order valence-electron chi connectivity index (χ3n) is 3.39. The largest absolute Gasteiger partial charge is 0.374 e. The molecule has 2 N–H and O–H groups in total. The molecule has 1 aromatic carbocycles. The summed E-state index contributed by atoms with van der Waals surface area (Å²) in [4.78, 5) is 12.2. The van der Waals surface area contributed by atoms with Crippen molar-refractivity contribution in [3.05, 3.63) is 46.3 Å². The smallest absolute Gasteiger partial charge is 0.247 e. The zero-order valence-corrected chi connectivity index (χ0v) is 13.0. The molecule has 1 heterocycles. The second-order valence-corrected chi connectivity index (χ2v) is 5.79.